The molecule has 0 aliphatic carbocycles. The number of para-hydroxylation sites is 1. The zero-order valence-electron chi connectivity index (χ0n) is 17.5. The van der Waals surface area contributed by atoms with Gasteiger partial charge in [0.15, 0.2) is 0 Å². The van der Waals surface area contributed by atoms with Gasteiger partial charge in [0.2, 0.25) is 0 Å². The Balaban J connectivity index is 1.61. The molecule has 1 nitrogen and oxygen atoms in total. The molecule has 0 saturated heterocycles. The molecule has 0 aliphatic heterocycles. The van der Waals surface area contributed by atoms with Crippen molar-refractivity contribution in [1.29, 1.82) is 0 Å². The Morgan fingerprint density at radius 1 is 0.485 bits per heavy atom. The molecule has 5 aromatic carbocycles. The lowest BCUT2D eigenvalue weighted by atomic mass is 9.91. The van der Waals surface area contributed by atoms with Gasteiger partial charge in [-0.05, 0) is 91.8 Å². The van der Waals surface area contributed by atoms with Gasteiger partial charge in [-0.15, -0.1) is 22.7 Å². The average molecular weight is 457 g/mol. The van der Waals surface area contributed by atoms with E-state index >= 15 is 0 Å². The monoisotopic (exact) mass is 456 g/mol. The van der Waals surface area contributed by atoms with Gasteiger partial charge in [0.05, 0.1) is 0 Å². The first-order chi connectivity index (χ1) is 16.3. The summed E-state index contributed by atoms with van der Waals surface area (Å²) < 4.78 is 8.94. The topological polar surface area (TPSA) is 13.1 Å². The van der Waals surface area contributed by atoms with Crippen molar-refractivity contribution < 1.29 is 4.42 Å². The number of hydrogen-bond donors (Lipinski definition) is 0. The van der Waals surface area contributed by atoms with E-state index in [2.05, 4.69) is 89.6 Å². The van der Waals surface area contributed by atoms with Crippen LogP contribution in [0.25, 0.3) is 74.8 Å². The van der Waals surface area contributed by atoms with Crippen LogP contribution in [0.5, 0.6) is 0 Å². The summed E-state index contributed by atoms with van der Waals surface area (Å²) in [6.45, 7) is 0. The summed E-state index contributed by atoms with van der Waals surface area (Å²) in [4.78, 5) is 0. The zero-order valence-corrected chi connectivity index (χ0v) is 19.1. The van der Waals surface area contributed by atoms with Crippen molar-refractivity contribution in [1.82, 2.24) is 0 Å². The van der Waals surface area contributed by atoms with E-state index in [1.807, 2.05) is 17.4 Å². The third-order valence-electron chi connectivity index (χ3n) is 6.79. The molecule has 0 amide bonds. The van der Waals surface area contributed by atoms with Crippen LogP contribution in [-0.2, 0) is 0 Å². The van der Waals surface area contributed by atoms with Crippen molar-refractivity contribution >= 4 is 86.3 Å². The molecule has 3 aromatic heterocycles. The second kappa shape index (κ2) is 6.44. The van der Waals surface area contributed by atoms with E-state index in [4.69, 9.17) is 4.42 Å². The summed E-state index contributed by atoms with van der Waals surface area (Å²) in [7, 11) is 0. The molecule has 154 valence electrons. The molecule has 0 unspecified atom stereocenters. The van der Waals surface area contributed by atoms with Gasteiger partial charge < -0.3 is 4.42 Å². The van der Waals surface area contributed by atoms with Crippen LogP contribution in [0.2, 0.25) is 0 Å². The zero-order chi connectivity index (χ0) is 21.5. The Morgan fingerprint density at radius 2 is 1.36 bits per heavy atom. The normalized spacial score (nSPS) is 12.2. The third kappa shape index (κ3) is 2.46. The van der Waals surface area contributed by atoms with Crippen LogP contribution in [-0.4, -0.2) is 0 Å². The van der Waals surface area contributed by atoms with Crippen molar-refractivity contribution in [2.75, 3.05) is 0 Å². The smallest absolute Gasteiger partial charge is 0.136 e. The van der Waals surface area contributed by atoms with Crippen LogP contribution in [0.3, 0.4) is 0 Å². The maximum atomic E-state index is 6.29. The molecule has 0 atom stereocenters. The standard InChI is InChI=1S/C30H16OS2/c1-3-7-27-19(5-1)25-14-23-22(26-16-33-29-8-4-2-6-20(26)29)12-18-13-30-17(9-10-32-30)11-21(18)24(23)15-28(25)31-27/h1-16H. The molecule has 0 spiro atoms. The largest absolute Gasteiger partial charge is 0.456 e. The van der Waals surface area contributed by atoms with Crippen molar-refractivity contribution in [2.45, 2.75) is 0 Å². The summed E-state index contributed by atoms with van der Waals surface area (Å²) in [6.07, 6.45) is 0. The van der Waals surface area contributed by atoms with E-state index in [9.17, 15) is 0 Å². The molecular formula is C30H16OS2. The van der Waals surface area contributed by atoms with Crippen molar-refractivity contribution in [2.24, 2.45) is 0 Å². The Bertz CT molecular complexity index is 2030. The lowest BCUT2D eigenvalue weighted by Crippen LogP contribution is -1.85. The molecule has 33 heavy (non-hydrogen) atoms. The number of fused-ring (bicyclic) bond motifs is 8. The minimum atomic E-state index is 0.940. The number of benzene rings is 5. The highest BCUT2D eigenvalue weighted by Crippen LogP contribution is 2.44. The number of rotatable bonds is 1. The first-order valence-corrected chi connectivity index (χ1v) is 12.7. The van der Waals surface area contributed by atoms with Crippen LogP contribution >= 0.6 is 22.7 Å². The van der Waals surface area contributed by atoms with Gasteiger partial charge in [0, 0.05) is 31.1 Å². The summed E-state index contributed by atoms with van der Waals surface area (Å²) in [6, 6.07) is 30.9. The molecule has 0 radical (unpaired) electrons. The Hall–Kier alpha value is -3.66. The van der Waals surface area contributed by atoms with Crippen molar-refractivity contribution in [3.63, 3.8) is 0 Å². The second-order valence-electron chi connectivity index (χ2n) is 8.59. The van der Waals surface area contributed by atoms with E-state index in [-0.39, 0.29) is 0 Å². The third-order valence-corrected chi connectivity index (χ3v) is 8.64. The fraction of sp³-hybridized carbons (Fsp3) is 0. The van der Waals surface area contributed by atoms with E-state index < -0.39 is 0 Å². The number of hydrogen-bond acceptors (Lipinski definition) is 3. The Morgan fingerprint density at radius 3 is 2.33 bits per heavy atom. The average Bonchev–Trinajstić information content (AvgIpc) is 3.57. The lowest BCUT2D eigenvalue weighted by Gasteiger charge is -2.11. The summed E-state index contributed by atoms with van der Waals surface area (Å²) in [5.74, 6) is 0. The first kappa shape index (κ1) is 17.8. The van der Waals surface area contributed by atoms with Gasteiger partial charge in [-0.2, -0.15) is 0 Å². The van der Waals surface area contributed by atoms with E-state index in [1.54, 1.807) is 11.3 Å². The van der Waals surface area contributed by atoms with Crippen LogP contribution in [0.15, 0.2) is 100 Å². The second-order valence-corrected chi connectivity index (χ2v) is 10.5. The molecule has 0 N–H and O–H groups in total. The predicted octanol–water partition coefficient (Wildman–Crippen LogP) is 9.99. The van der Waals surface area contributed by atoms with Gasteiger partial charge in [-0.3, -0.25) is 0 Å². The molecule has 8 rings (SSSR count). The highest BCUT2D eigenvalue weighted by molar-refractivity contribution is 7.18. The van der Waals surface area contributed by atoms with Gasteiger partial charge >= 0.3 is 0 Å². The van der Waals surface area contributed by atoms with Gasteiger partial charge in [0.25, 0.3) is 0 Å². The summed E-state index contributed by atoms with van der Waals surface area (Å²) in [5, 5.41) is 14.5. The molecular weight excluding hydrogens is 440 g/mol. The minimum Gasteiger partial charge on any atom is -0.456 e. The van der Waals surface area contributed by atoms with Crippen molar-refractivity contribution in [3.05, 3.63) is 95.7 Å². The molecule has 3 heterocycles. The number of thiophene rings is 2. The molecule has 0 aliphatic rings. The molecule has 0 saturated carbocycles. The highest BCUT2D eigenvalue weighted by Gasteiger charge is 2.16. The maximum Gasteiger partial charge on any atom is 0.136 e. The SMILES string of the molecule is c1ccc2c(c1)oc1cc3c(cc12)c(-c1csc2ccccc12)cc1cc2sccc2cc13. The highest BCUT2D eigenvalue weighted by atomic mass is 32.1. The van der Waals surface area contributed by atoms with Crippen LogP contribution in [0.1, 0.15) is 0 Å². The van der Waals surface area contributed by atoms with E-state index in [0.717, 1.165) is 11.2 Å². The number of furan rings is 1. The Labute approximate surface area is 197 Å². The quantitative estimate of drug-likeness (QED) is 0.224. The summed E-state index contributed by atoms with van der Waals surface area (Å²) in [5.41, 5.74) is 4.48. The van der Waals surface area contributed by atoms with Gasteiger partial charge in [-0.25, -0.2) is 0 Å². The molecule has 8 aromatic rings. The molecule has 3 heteroatoms. The summed E-state index contributed by atoms with van der Waals surface area (Å²) >= 11 is 3.62. The van der Waals surface area contributed by atoms with Gasteiger partial charge in [0.1, 0.15) is 11.2 Å². The van der Waals surface area contributed by atoms with Gasteiger partial charge in [-0.1, -0.05) is 36.4 Å². The lowest BCUT2D eigenvalue weighted by molar-refractivity contribution is 0.669. The van der Waals surface area contributed by atoms with E-state index in [1.165, 1.54) is 63.6 Å². The van der Waals surface area contributed by atoms with Crippen LogP contribution in [0, 0.1) is 0 Å². The maximum absolute atomic E-state index is 6.29. The Kier molecular flexibility index (Phi) is 3.48. The predicted molar refractivity (Wildman–Crippen MR) is 145 cm³/mol. The van der Waals surface area contributed by atoms with Crippen LogP contribution in [0.4, 0.5) is 0 Å². The first-order valence-electron chi connectivity index (χ1n) is 11.0. The minimum absolute atomic E-state index is 0.940. The van der Waals surface area contributed by atoms with Crippen molar-refractivity contribution in [3.8, 4) is 11.1 Å². The molecule has 0 bridgehead atoms. The van der Waals surface area contributed by atoms with E-state index in [0.29, 0.717) is 0 Å². The van der Waals surface area contributed by atoms with Crippen LogP contribution < -0.4 is 0 Å². The fourth-order valence-electron chi connectivity index (χ4n) is 5.24. The molecule has 0 fully saturated rings. The fourth-order valence-corrected chi connectivity index (χ4v) is 7.02.